The maximum absolute atomic E-state index is 12.3. The lowest BCUT2D eigenvalue weighted by atomic mass is 9.88. The minimum Gasteiger partial charge on any atom is -0.341 e. The molecular weight excluding hydrogens is 238 g/mol. The molecule has 1 heterocycles. The summed E-state index contributed by atoms with van der Waals surface area (Å²) in [4.78, 5) is 14.0. The molecule has 1 aliphatic rings. The molecule has 1 fully saturated rings. The quantitative estimate of drug-likeness (QED) is 0.886. The van der Waals surface area contributed by atoms with Crippen molar-refractivity contribution < 1.29 is 4.79 Å². The average Bonchev–Trinajstić information content (AvgIpc) is 2.36. The Morgan fingerprint density at radius 3 is 2.58 bits per heavy atom. The van der Waals surface area contributed by atoms with Gasteiger partial charge in [0.25, 0.3) is 0 Å². The number of nitrogens with one attached hydrogen (secondary N) is 1. The van der Waals surface area contributed by atoms with Crippen LogP contribution in [0.2, 0.25) is 0 Å². The molecule has 0 bridgehead atoms. The third kappa shape index (κ3) is 3.12. The number of hydrogen-bond acceptors (Lipinski definition) is 3. The smallest absolute Gasteiger partial charge is 0.225 e. The normalized spacial score (nSPS) is 16.3. The van der Waals surface area contributed by atoms with E-state index >= 15 is 0 Å². The molecule has 1 aromatic carbocycles. The first-order valence-corrected chi connectivity index (χ1v) is 6.56. The number of rotatable bonds is 4. The predicted molar refractivity (Wildman–Crippen MR) is 73.2 cm³/mol. The van der Waals surface area contributed by atoms with Gasteiger partial charge in [0.15, 0.2) is 0 Å². The van der Waals surface area contributed by atoms with Gasteiger partial charge in [0.1, 0.15) is 0 Å². The molecule has 0 spiro atoms. The molecule has 1 N–H and O–H groups in total. The van der Waals surface area contributed by atoms with Crippen LogP contribution in [-0.2, 0) is 11.3 Å². The summed E-state index contributed by atoms with van der Waals surface area (Å²) in [6, 6.07) is 9.46. The zero-order valence-electron chi connectivity index (χ0n) is 11.4. The van der Waals surface area contributed by atoms with E-state index in [4.69, 9.17) is 5.26 Å². The van der Waals surface area contributed by atoms with Crippen molar-refractivity contribution in [3.05, 3.63) is 35.4 Å². The molecule has 1 saturated heterocycles. The van der Waals surface area contributed by atoms with Gasteiger partial charge < -0.3 is 10.2 Å². The van der Waals surface area contributed by atoms with E-state index in [1.807, 2.05) is 26.1 Å². The summed E-state index contributed by atoms with van der Waals surface area (Å²) >= 11 is 0. The Morgan fingerprint density at radius 1 is 1.47 bits per heavy atom. The Labute approximate surface area is 114 Å². The summed E-state index contributed by atoms with van der Waals surface area (Å²) in [6.45, 7) is 4.48. The van der Waals surface area contributed by atoms with Crippen molar-refractivity contribution >= 4 is 5.91 Å². The Kier molecular flexibility index (Phi) is 4.18. The van der Waals surface area contributed by atoms with E-state index in [9.17, 15) is 4.79 Å². The third-order valence-corrected chi connectivity index (χ3v) is 3.79. The van der Waals surface area contributed by atoms with Crippen LogP contribution < -0.4 is 5.32 Å². The van der Waals surface area contributed by atoms with Crippen molar-refractivity contribution in [3.8, 4) is 6.07 Å². The van der Waals surface area contributed by atoms with E-state index in [2.05, 4.69) is 11.4 Å². The van der Waals surface area contributed by atoms with Gasteiger partial charge in [-0.15, -0.1) is 0 Å². The summed E-state index contributed by atoms with van der Waals surface area (Å²) in [6.07, 6.45) is 0. The molecule has 1 aromatic rings. The summed E-state index contributed by atoms with van der Waals surface area (Å²) in [5.74, 6) is 0.733. The van der Waals surface area contributed by atoms with Crippen LogP contribution in [-0.4, -0.2) is 30.9 Å². The van der Waals surface area contributed by atoms with Gasteiger partial charge in [-0.1, -0.05) is 19.1 Å². The first kappa shape index (κ1) is 13.6. The zero-order valence-corrected chi connectivity index (χ0v) is 11.4. The number of nitrogens with zero attached hydrogens (tertiary/aromatic N) is 2. The van der Waals surface area contributed by atoms with Crippen molar-refractivity contribution in [1.82, 2.24) is 10.2 Å². The first-order valence-electron chi connectivity index (χ1n) is 6.56. The molecule has 0 aromatic heterocycles. The lowest BCUT2D eigenvalue weighted by molar-refractivity contribution is -0.136. The molecule has 0 aliphatic carbocycles. The van der Waals surface area contributed by atoms with Crippen LogP contribution in [0.1, 0.15) is 18.1 Å². The van der Waals surface area contributed by atoms with E-state index in [-0.39, 0.29) is 11.8 Å². The van der Waals surface area contributed by atoms with Crippen LogP contribution in [0.25, 0.3) is 0 Å². The van der Waals surface area contributed by atoms with Gasteiger partial charge in [0.2, 0.25) is 5.91 Å². The number of carbonyl (C=O) groups is 1. The number of carbonyl (C=O) groups excluding carboxylic acids is 1. The summed E-state index contributed by atoms with van der Waals surface area (Å²) in [5.41, 5.74) is 1.69. The molecule has 1 amide bonds. The Hall–Kier alpha value is -1.86. The fraction of sp³-hybridized carbons (Fsp3) is 0.467. The maximum Gasteiger partial charge on any atom is 0.225 e. The highest BCUT2D eigenvalue weighted by atomic mass is 16.2. The number of benzene rings is 1. The first-order chi connectivity index (χ1) is 9.11. The van der Waals surface area contributed by atoms with E-state index in [1.54, 1.807) is 17.0 Å². The van der Waals surface area contributed by atoms with Crippen LogP contribution in [0.5, 0.6) is 0 Å². The Morgan fingerprint density at radius 2 is 2.11 bits per heavy atom. The number of hydrogen-bond donors (Lipinski definition) is 1. The van der Waals surface area contributed by atoms with Crippen molar-refractivity contribution in [1.29, 1.82) is 5.26 Å². The van der Waals surface area contributed by atoms with Crippen molar-refractivity contribution in [2.75, 3.05) is 20.1 Å². The third-order valence-electron chi connectivity index (χ3n) is 3.79. The molecule has 1 aliphatic heterocycles. The van der Waals surface area contributed by atoms with Gasteiger partial charge in [0, 0.05) is 19.5 Å². The monoisotopic (exact) mass is 257 g/mol. The molecular formula is C15H19N3O. The second kappa shape index (κ2) is 5.85. The Bertz CT molecular complexity index is 485. The molecule has 4 nitrogen and oxygen atoms in total. The summed E-state index contributed by atoms with van der Waals surface area (Å²) in [7, 11) is 1.84. The van der Waals surface area contributed by atoms with Gasteiger partial charge in [0.05, 0.1) is 11.6 Å². The van der Waals surface area contributed by atoms with Crippen LogP contribution in [0.15, 0.2) is 24.3 Å². The van der Waals surface area contributed by atoms with E-state index in [0.717, 1.165) is 18.7 Å². The van der Waals surface area contributed by atoms with Gasteiger partial charge in [-0.2, -0.15) is 5.26 Å². The second-order valence-corrected chi connectivity index (χ2v) is 5.21. The van der Waals surface area contributed by atoms with E-state index in [0.29, 0.717) is 18.0 Å². The maximum atomic E-state index is 12.3. The average molecular weight is 257 g/mol. The highest BCUT2D eigenvalue weighted by molar-refractivity contribution is 5.78. The van der Waals surface area contributed by atoms with Crippen LogP contribution >= 0.6 is 0 Å². The van der Waals surface area contributed by atoms with Crippen LogP contribution in [0, 0.1) is 23.2 Å². The van der Waals surface area contributed by atoms with Gasteiger partial charge in [-0.05, 0) is 36.7 Å². The van der Waals surface area contributed by atoms with E-state index < -0.39 is 0 Å². The molecule has 4 heteroatoms. The lowest BCUT2D eigenvalue weighted by Crippen LogP contribution is -2.49. The van der Waals surface area contributed by atoms with Gasteiger partial charge in [-0.3, -0.25) is 4.79 Å². The lowest BCUT2D eigenvalue weighted by Gasteiger charge is -2.34. The molecule has 1 unspecified atom stereocenters. The molecule has 0 saturated carbocycles. The van der Waals surface area contributed by atoms with Gasteiger partial charge >= 0.3 is 0 Å². The fourth-order valence-corrected chi connectivity index (χ4v) is 2.25. The number of amides is 1. The van der Waals surface area contributed by atoms with E-state index in [1.165, 1.54) is 0 Å². The fourth-order valence-electron chi connectivity index (χ4n) is 2.25. The molecule has 2 rings (SSSR count). The standard InChI is InChI=1S/C15H19N3O/c1-11(14-8-17-9-14)15(19)18(2)10-13-5-3-12(7-16)4-6-13/h3-6,11,14,17H,8-10H2,1-2H3. The van der Waals surface area contributed by atoms with Gasteiger partial charge in [-0.25, -0.2) is 0 Å². The van der Waals surface area contributed by atoms with Crippen LogP contribution in [0.3, 0.4) is 0 Å². The molecule has 100 valence electrons. The highest BCUT2D eigenvalue weighted by Gasteiger charge is 2.30. The summed E-state index contributed by atoms with van der Waals surface area (Å²) in [5, 5.41) is 11.9. The van der Waals surface area contributed by atoms with Crippen LogP contribution in [0.4, 0.5) is 0 Å². The van der Waals surface area contributed by atoms with Crippen molar-refractivity contribution in [3.63, 3.8) is 0 Å². The van der Waals surface area contributed by atoms with Crippen molar-refractivity contribution in [2.45, 2.75) is 13.5 Å². The minimum absolute atomic E-state index is 0.0737. The second-order valence-electron chi connectivity index (χ2n) is 5.21. The Balaban J connectivity index is 1.93. The molecule has 1 atom stereocenters. The SMILES string of the molecule is CC(C(=O)N(C)Cc1ccc(C#N)cc1)C1CNC1. The van der Waals surface area contributed by atoms with Crippen molar-refractivity contribution in [2.24, 2.45) is 11.8 Å². The zero-order chi connectivity index (χ0) is 13.8. The number of nitriles is 1. The molecule has 0 radical (unpaired) electrons. The largest absolute Gasteiger partial charge is 0.341 e. The highest BCUT2D eigenvalue weighted by Crippen LogP contribution is 2.19. The topological polar surface area (TPSA) is 56.1 Å². The molecule has 19 heavy (non-hydrogen) atoms. The predicted octanol–water partition coefficient (Wildman–Crippen LogP) is 1.37. The summed E-state index contributed by atoms with van der Waals surface area (Å²) < 4.78 is 0. The minimum atomic E-state index is 0.0737.